The van der Waals surface area contributed by atoms with E-state index in [0.29, 0.717) is 17.5 Å². The second-order valence-corrected chi connectivity index (χ2v) is 6.21. The summed E-state index contributed by atoms with van der Waals surface area (Å²) in [6, 6.07) is 4.90. The third kappa shape index (κ3) is 3.45. The van der Waals surface area contributed by atoms with Gasteiger partial charge in [0.1, 0.15) is 5.58 Å². The molecule has 122 valence electrons. The van der Waals surface area contributed by atoms with Crippen molar-refractivity contribution < 1.29 is 9.21 Å². The van der Waals surface area contributed by atoms with Crippen LogP contribution in [0.25, 0.3) is 11.0 Å². The first-order valence-electron chi connectivity index (χ1n) is 8.10. The van der Waals surface area contributed by atoms with Crippen LogP contribution in [-0.2, 0) is 0 Å². The number of carbonyl (C=O) groups excluding carboxylic acids is 1. The summed E-state index contributed by atoms with van der Waals surface area (Å²) >= 11 is 0. The summed E-state index contributed by atoms with van der Waals surface area (Å²) in [7, 11) is 0. The molecule has 0 spiro atoms. The van der Waals surface area contributed by atoms with Crippen molar-refractivity contribution in [2.75, 3.05) is 26.2 Å². The van der Waals surface area contributed by atoms with Gasteiger partial charge in [0.2, 0.25) is 0 Å². The molecule has 1 aliphatic rings. The number of carbonyl (C=O) groups is 1. The number of nitrogens with zero attached hydrogens (tertiary/aromatic N) is 1. The predicted molar refractivity (Wildman–Crippen MR) is 90.0 cm³/mol. The van der Waals surface area contributed by atoms with Crippen LogP contribution in [0.5, 0.6) is 0 Å². The Balaban J connectivity index is 1.75. The first-order valence-corrected chi connectivity index (χ1v) is 8.10. The van der Waals surface area contributed by atoms with Gasteiger partial charge >= 0.3 is 0 Å². The summed E-state index contributed by atoms with van der Waals surface area (Å²) in [5, 5.41) is 3.35. The van der Waals surface area contributed by atoms with Gasteiger partial charge in [-0.15, -0.1) is 0 Å². The molecule has 1 saturated heterocycles. The highest BCUT2D eigenvalue weighted by atomic mass is 16.3. The van der Waals surface area contributed by atoms with Gasteiger partial charge in [0.15, 0.2) is 11.2 Å². The van der Waals surface area contributed by atoms with Crippen LogP contribution in [0.4, 0.5) is 0 Å². The van der Waals surface area contributed by atoms with E-state index in [1.54, 1.807) is 0 Å². The Labute approximate surface area is 135 Å². The summed E-state index contributed by atoms with van der Waals surface area (Å²) in [5.74, 6) is -0.256. The minimum Gasteiger partial charge on any atom is -0.451 e. The molecule has 1 fully saturated rings. The zero-order valence-corrected chi connectivity index (χ0v) is 13.6. The summed E-state index contributed by atoms with van der Waals surface area (Å²) in [4.78, 5) is 26.7. The number of likely N-dealkylation sites (tertiary alicyclic amines) is 1. The van der Waals surface area contributed by atoms with Crippen molar-refractivity contribution in [3.8, 4) is 0 Å². The number of fused-ring (bicyclic) bond motifs is 1. The number of hydrogen-bond acceptors (Lipinski definition) is 4. The Morgan fingerprint density at radius 2 is 1.87 bits per heavy atom. The number of benzene rings is 1. The van der Waals surface area contributed by atoms with Crippen LogP contribution in [0.1, 0.15) is 34.5 Å². The Kier molecular flexibility index (Phi) is 4.48. The smallest absolute Gasteiger partial charge is 0.287 e. The second-order valence-electron chi connectivity index (χ2n) is 6.21. The van der Waals surface area contributed by atoms with Crippen LogP contribution in [0, 0.1) is 13.8 Å². The van der Waals surface area contributed by atoms with Gasteiger partial charge in [-0.2, -0.15) is 0 Å². The molecule has 0 atom stereocenters. The predicted octanol–water partition coefficient (Wildman–Crippen LogP) is 2.24. The summed E-state index contributed by atoms with van der Waals surface area (Å²) in [6.07, 6.45) is 2.46. The Bertz CT molecular complexity index is 789. The SMILES string of the molecule is Cc1cc2oc(C(=O)NCCN3CCCC3)cc(=O)c2cc1C. The zero-order chi connectivity index (χ0) is 16.4. The molecule has 0 saturated carbocycles. The minimum atomic E-state index is -0.332. The number of aryl methyl sites for hydroxylation is 2. The van der Waals surface area contributed by atoms with Crippen LogP contribution in [0.3, 0.4) is 0 Å². The number of nitrogens with one attached hydrogen (secondary N) is 1. The zero-order valence-electron chi connectivity index (χ0n) is 13.6. The summed E-state index contributed by atoms with van der Waals surface area (Å²) in [5.41, 5.74) is 2.35. The molecule has 1 amide bonds. The quantitative estimate of drug-likeness (QED) is 0.940. The molecule has 2 aromatic rings. The highest BCUT2D eigenvalue weighted by Gasteiger charge is 2.15. The third-order valence-electron chi connectivity index (χ3n) is 4.48. The van der Waals surface area contributed by atoms with E-state index >= 15 is 0 Å². The minimum absolute atomic E-state index is 0.0761. The molecular weight excluding hydrogens is 292 g/mol. The molecule has 0 unspecified atom stereocenters. The molecule has 23 heavy (non-hydrogen) atoms. The van der Waals surface area contributed by atoms with E-state index in [-0.39, 0.29) is 17.1 Å². The Morgan fingerprint density at radius 3 is 2.61 bits per heavy atom. The van der Waals surface area contributed by atoms with Crippen molar-refractivity contribution in [3.05, 3.63) is 45.3 Å². The highest BCUT2D eigenvalue weighted by Crippen LogP contribution is 2.17. The van der Waals surface area contributed by atoms with Gasteiger partial charge in [-0.1, -0.05) is 0 Å². The van der Waals surface area contributed by atoms with Gasteiger partial charge < -0.3 is 14.6 Å². The Hall–Kier alpha value is -2.14. The topological polar surface area (TPSA) is 62.6 Å². The van der Waals surface area contributed by atoms with Crippen molar-refractivity contribution in [2.45, 2.75) is 26.7 Å². The summed E-state index contributed by atoms with van der Waals surface area (Å²) in [6.45, 7) is 7.50. The van der Waals surface area contributed by atoms with Crippen LogP contribution in [0.15, 0.2) is 27.4 Å². The van der Waals surface area contributed by atoms with Crippen molar-refractivity contribution >= 4 is 16.9 Å². The second kappa shape index (κ2) is 6.54. The first kappa shape index (κ1) is 15.7. The lowest BCUT2D eigenvalue weighted by atomic mass is 10.1. The average molecular weight is 314 g/mol. The van der Waals surface area contributed by atoms with Crippen molar-refractivity contribution in [1.82, 2.24) is 10.2 Å². The van der Waals surface area contributed by atoms with E-state index in [2.05, 4.69) is 10.2 Å². The summed E-state index contributed by atoms with van der Waals surface area (Å²) < 4.78 is 5.64. The molecule has 3 rings (SSSR count). The first-order chi connectivity index (χ1) is 11.0. The monoisotopic (exact) mass is 314 g/mol. The number of rotatable bonds is 4. The van der Waals surface area contributed by atoms with Crippen molar-refractivity contribution in [3.63, 3.8) is 0 Å². The Morgan fingerprint density at radius 1 is 1.17 bits per heavy atom. The van der Waals surface area contributed by atoms with Crippen LogP contribution in [-0.4, -0.2) is 37.0 Å². The van der Waals surface area contributed by atoms with Gasteiger partial charge in [0.05, 0.1) is 5.39 Å². The highest BCUT2D eigenvalue weighted by molar-refractivity contribution is 5.93. The standard InChI is InChI=1S/C18H22N2O3/c1-12-9-14-15(21)11-17(23-16(14)10-13(12)2)18(22)19-5-8-20-6-3-4-7-20/h9-11H,3-8H2,1-2H3,(H,19,22). The fourth-order valence-corrected chi connectivity index (χ4v) is 2.94. The van der Waals surface area contributed by atoms with E-state index in [9.17, 15) is 9.59 Å². The number of amides is 1. The third-order valence-corrected chi connectivity index (χ3v) is 4.48. The molecule has 5 heteroatoms. The van der Waals surface area contributed by atoms with Crippen LogP contribution in [0.2, 0.25) is 0 Å². The molecule has 0 bridgehead atoms. The molecule has 1 aliphatic heterocycles. The van der Waals surface area contributed by atoms with Gasteiger partial charge in [-0.3, -0.25) is 9.59 Å². The molecule has 0 radical (unpaired) electrons. The van der Waals surface area contributed by atoms with Crippen LogP contribution < -0.4 is 10.7 Å². The van der Waals surface area contributed by atoms with E-state index in [0.717, 1.165) is 30.8 Å². The normalized spacial score (nSPS) is 15.2. The molecular formula is C18H22N2O3. The molecule has 0 aliphatic carbocycles. The largest absolute Gasteiger partial charge is 0.451 e. The maximum atomic E-state index is 12.2. The van der Waals surface area contributed by atoms with Crippen molar-refractivity contribution in [2.24, 2.45) is 0 Å². The van der Waals surface area contributed by atoms with E-state index < -0.39 is 0 Å². The fraction of sp³-hybridized carbons (Fsp3) is 0.444. The van der Waals surface area contributed by atoms with E-state index in [4.69, 9.17) is 4.42 Å². The molecule has 2 heterocycles. The lowest BCUT2D eigenvalue weighted by Crippen LogP contribution is -2.33. The number of hydrogen-bond donors (Lipinski definition) is 1. The molecule has 1 aromatic carbocycles. The fourth-order valence-electron chi connectivity index (χ4n) is 2.94. The van der Waals surface area contributed by atoms with Gasteiger partial charge in [-0.05, 0) is 63.0 Å². The average Bonchev–Trinajstić information content (AvgIpc) is 3.02. The van der Waals surface area contributed by atoms with Gasteiger partial charge in [-0.25, -0.2) is 0 Å². The molecule has 1 aromatic heterocycles. The van der Waals surface area contributed by atoms with Crippen LogP contribution >= 0.6 is 0 Å². The molecule has 1 N–H and O–H groups in total. The van der Waals surface area contributed by atoms with Crippen molar-refractivity contribution in [1.29, 1.82) is 0 Å². The van der Waals surface area contributed by atoms with Gasteiger partial charge in [0.25, 0.3) is 5.91 Å². The maximum absolute atomic E-state index is 12.2. The molecule has 5 nitrogen and oxygen atoms in total. The van der Waals surface area contributed by atoms with E-state index in [1.807, 2.05) is 26.0 Å². The lowest BCUT2D eigenvalue weighted by Gasteiger charge is -2.14. The van der Waals surface area contributed by atoms with E-state index in [1.165, 1.54) is 18.9 Å². The maximum Gasteiger partial charge on any atom is 0.287 e. The van der Waals surface area contributed by atoms with Gasteiger partial charge in [0, 0.05) is 19.2 Å². The lowest BCUT2D eigenvalue weighted by molar-refractivity contribution is 0.0922.